The van der Waals surface area contributed by atoms with Crippen molar-refractivity contribution >= 4 is 40.8 Å². The van der Waals surface area contributed by atoms with Crippen LogP contribution in [0.3, 0.4) is 0 Å². The van der Waals surface area contributed by atoms with E-state index in [1.54, 1.807) is 6.07 Å². The first-order chi connectivity index (χ1) is 10.6. The van der Waals surface area contributed by atoms with Crippen molar-refractivity contribution in [2.24, 2.45) is 0 Å². The number of carbonyl (C=O) groups is 1. The Morgan fingerprint density at radius 2 is 1.91 bits per heavy atom. The summed E-state index contributed by atoms with van der Waals surface area (Å²) in [7, 11) is 0. The van der Waals surface area contributed by atoms with Crippen molar-refractivity contribution in [1.29, 1.82) is 0 Å². The number of aryl methyl sites for hydroxylation is 1. The Hall–Kier alpha value is -1.65. The van der Waals surface area contributed by atoms with Gasteiger partial charge >= 0.3 is 0 Å². The van der Waals surface area contributed by atoms with E-state index >= 15 is 0 Å². The van der Waals surface area contributed by atoms with Crippen LogP contribution in [0.5, 0.6) is 0 Å². The molecule has 0 aliphatic carbocycles. The van der Waals surface area contributed by atoms with Crippen molar-refractivity contribution < 1.29 is 4.79 Å². The average molecular weight is 335 g/mol. The number of rotatable bonds is 6. The largest absolute Gasteiger partial charge is 0.326 e. The van der Waals surface area contributed by atoms with Gasteiger partial charge in [-0.3, -0.25) is 4.79 Å². The van der Waals surface area contributed by atoms with Crippen molar-refractivity contribution in [2.45, 2.75) is 31.6 Å². The maximum Gasteiger partial charge on any atom is 0.221 e. The van der Waals surface area contributed by atoms with Crippen molar-refractivity contribution in [1.82, 2.24) is 0 Å². The van der Waals surface area contributed by atoms with Crippen LogP contribution in [0.25, 0.3) is 0 Å². The fourth-order valence-electron chi connectivity index (χ4n) is 2.00. The lowest BCUT2D eigenvalue weighted by Gasteiger charge is -2.10. The first-order valence-corrected chi connectivity index (χ1v) is 8.37. The SMILES string of the molecule is CCCc1ccc(SNc2ccc(Cl)c(NC(C)=O)c2)cc1. The highest BCUT2D eigenvalue weighted by Gasteiger charge is 2.04. The molecule has 0 heterocycles. The van der Waals surface area contributed by atoms with Crippen LogP contribution in [-0.2, 0) is 11.2 Å². The molecule has 0 atom stereocenters. The van der Waals surface area contributed by atoms with Gasteiger partial charge < -0.3 is 10.0 Å². The van der Waals surface area contributed by atoms with Gasteiger partial charge in [0.1, 0.15) is 0 Å². The zero-order chi connectivity index (χ0) is 15.9. The van der Waals surface area contributed by atoms with E-state index in [9.17, 15) is 4.79 Å². The van der Waals surface area contributed by atoms with E-state index in [0.29, 0.717) is 10.7 Å². The summed E-state index contributed by atoms with van der Waals surface area (Å²) < 4.78 is 3.26. The summed E-state index contributed by atoms with van der Waals surface area (Å²) in [6, 6.07) is 14.0. The Morgan fingerprint density at radius 3 is 2.55 bits per heavy atom. The Morgan fingerprint density at radius 1 is 1.18 bits per heavy atom. The van der Waals surface area contributed by atoms with Gasteiger partial charge in [0.05, 0.1) is 10.7 Å². The van der Waals surface area contributed by atoms with E-state index in [1.807, 2.05) is 12.1 Å². The number of amides is 1. The minimum absolute atomic E-state index is 0.141. The first-order valence-electron chi connectivity index (χ1n) is 7.17. The number of halogens is 1. The van der Waals surface area contributed by atoms with Crippen LogP contribution < -0.4 is 10.0 Å². The second-order valence-electron chi connectivity index (χ2n) is 4.97. The molecule has 5 heteroatoms. The lowest BCUT2D eigenvalue weighted by molar-refractivity contribution is -0.114. The van der Waals surface area contributed by atoms with E-state index in [4.69, 9.17) is 11.6 Å². The molecule has 0 saturated heterocycles. The summed E-state index contributed by atoms with van der Waals surface area (Å²) in [6.45, 7) is 3.64. The highest BCUT2D eigenvalue weighted by Crippen LogP contribution is 2.28. The van der Waals surface area contributed by atoms with Gasteiger partial charge in [-0.2, -0.15) is 0 Å². The van der Waals surface area contributed by atoms with Gasteiger partial charge in [-0.25, -0.2) is 0 Å². The van der Waals surface area contributed by atoms with Gasteiger partial charge in [0.2, 0.25) is 5.91 Å². The Labute approximate surface area is 140 Å². The van der Waals surface area contributed by atoms with E-state index in [-0.39, 0.29) is 5.91 Å². The molecule has 0 aliphatic rings. The average Bonchev–Trinajstić information content (AvgIpc) is 2.49. The molecule has 2 N–H and O–H groups in total. The minimum Gasteiger partial charge on any atom is -0.326 e. The quantitative estimate of drug-likeness (QED) is 0.698. The second kappa shape index (κ2) is 8.11. The molecule has 0 fully saturated rings. The number of benzene rings is 2. The second-order valence-corrected chi connectivity index (χ2v) is 6.26. The Kier molecular flexibility index (Phi) is 6.16. The Bertz CT molecular complexity index is 644. The molecule has 0 unspecified atom stereocenters. The van der Waals surface area contributed by atoms with Crippen molar-refractivity contribution in [2.75, 3.05) is 10.0 Å². The maximum absolute atomic E-state index is 11.1. The zero-order valence-electron chi connectivity index (χ0n) is 12.7. The van der Waals surface area contributed by atoms with Crippen LogP contribution in [0.1, 0.15) is 25.8 Å². The normalized spacial score (nSPS) is 10.3. The predicted molar refractivity (Wildman–Crippen MR) is 95.7 cm³/mol. The van der Waals surface area contributed by atoms with Crippen LogP contribution in [0.2, 0.25) is 5.02 Å². The van der Waals surface area contributed by atoms with E-state index < -0.39 is 0 Å². The molecule has 0 spiro atoms. The van der Waals surface area contributed by atoms with Crippen LogP contribution in [0.15, 0.2) is 47.4 Å². The molecule has 0 bridgehead atoms. The summed E-state index contributed by atoms with van der Waals surface area (Å²) in [5.74, 6) is -0.141. The predicted octanol–water partition coefficient (Wildman–Crippen LogP) is 5.37. The summed E-state index contributed by atoms with van der Waals surface area (Å²) in [5.41, 5.74) is 2.85. The minimum atomic E-state index is -0.141. The molecular formula is C17H19ClN2OS. The lowest BCUT2D eigenvalue weighted by atomic mass is 10.1. The number of anilines is 2. The monoisotopic (exact) mass is 334 g/mol. The highest BCUT2D eigenvalue weighted by atomic mass is 35.5. The number of hydrogen-bond donors (Lipinski definition) is 2. The summed E-state index contributed by atoms with van der Waals surface area (Å²) in [5, 5.41) is 3.24. The summed E-state index contributed by atoms with van der Waals surface area (Å²) in [4.78, 5) is 12.3. The number of nitrogens with one attached hydrogen (secondary N) is 2. The lowest BCUT2D eigenvalue weighted by Crippen LogP contribution is -2.06. The number of carbonyl (C=O) groups excluding carboxylic acids is 1. The standard InChI is InChI=1S/C17H19ClN2OS/c1-3-4-13-5-8-15(9-6-13)22-20-14-7-10-16(18)17(11-14)19-12(2)21/h5-11,20H,3-4H2,1-2H3,(H,19,21). The third-order valence-electron chi connectivity index (χ3n) is 3.03. The zero-order valence-corrected chi connectivity index (χ0v) is 14.2. The number of hydrogen-bond acceptors (Lipinski definition) is 3. The summed E-state index contributed by atoms with van der Waals surface area (Å²) >= 11 is 7.58. The van der Waals surface area contributed by atoms with Crippen LogP contribution >= 0.6 is 23.5 Å². The molecule has 116 valence electrons. The van der Waals surface area contributed by atoms with Gasteiger partial charge in [0, 0.05) is 17.5 Å². The molecule has 0 aromatic heterocycles. The van der Waals surface area contributed by atoms with Gasteiger partial charge in [0.25, 0.3) is 0 Å². The molecule has 2 rings (SSSR count). The molecule has 2 aromatic carbocycles. The van der Waals surface area contributed by atoms with Crippen molar-refractivity contribution in [3.05, 3.63) is 53.1 Å². The highest BCUT2D eigenvalue weighted by molar-refractivity contribution is 8.00. The topological polar surface area (TPSA) is 41.1 Å². The first kappa shape index (κ1) is 16.7. The molecule has 22 heavy (non-hydrogen) atoms. The Balaban J connectivity index is 2.00. The van der Waals surface area contributed by atoms with E-state index in [2.05, 4.69) is 41.2 Å². The van der Waals surface area contributed by atoms with Crippen LogP contribution in [-0.4, -0.2) is 5.91 Å². The third kappa shape index (κ3) is 4.97. The molecule has 0 aliphatic heterocycles. The van der Waals surface area contributed by atoms with Crippen LogP contribution in [0.4, 0.5) is 11.4 Å². The van der Waals surface area contributed by atoms with Crippen molar-refractivity contribution in [3.63, 3.8) is 0 Å². The molecule has 1 amide bonds. The van der Waals surface area contributed by atoms with E-state index in [0.717, 1.165) is 23.4 Å². The smallest absolute Gasteiger partial charge is 0.221 e. The van der Waals surface area contributed by atoms with Crippen molar-refractivity contribution in [3.8, 4) is 0 Å². The van der Waals surface area contributed by atoms with Gasteiger partial charge in [-0.15, -0.1) is 0 Å². The fraction of sp³-hybridized carbons (Fsp3) is 0.235. The summed E-state index contributed by atoms with van der Waals surface area (Å²) in [6.07, 6.45) is 2.26. The molecule has 0 saturated carbocycles. The van der Waals surface area contributed by atoms with E-state index in [1.165, 1.54) is 24.4 Å². The van der Waals surface area contributed by atoms with Crippen LogP contribution in [0, 0.1) is 0 Å². The van der Waals surface area contributed by atoms with Gasteiger partial charge in [0.15, 0.2) is 0 Å². The van der Waals surface area contributed by atoms with Gasteiger partial charge in [-0.05, 0) is 54.3 Å². The molecule has 2 aromatic rings. The van der Waals surface area contributed by atoms with Gasteiger partial charge in [-0.1, -0.05) is 37.1 Å². The molecule has 0 radical (unpaired) electrons. The molecule has 3 nitrogen and oxygen atoms in total. The molecular weight excluding hydrogens is 316 g/mol. The maximum atomic E-state index is 11.1. The fourth-order valence-corrected chi connectivity index (χ4v) is 2.80. The third-order valence-corrected chi connectivity index (χ3v) is 4.20.